The number of hydrogen-bond acceptors (Lipinski definition) is 4. The summed E-state index contributed by atoms with van der Waals surface area (Å²) in [6.07, 6.45) is 23.2. The van der Waals surface area contributed by atoms with E-state index in [-0.39, 0.29) is 11.1 Å². The summed E-state index contributed by atoms with van der Waals surface area (Å²) in [5, 5.41) is 17.8. The van der Waals surface area contributed by atoms with Crippen LogP contribution in [0.4, 0.5) is 0 Å². The smallest absolute Gasteiger partial charge is 0.335 e. The highest BCUT2D eigenvalue weighted by Crippen LogP contribution is 2.17. The van der Waals surface area contributed by atoms with Crippen molar-refractivity contribution in [3.63, 3.8) is 0 Å². The average Bonchev–Trinajstić information content (AvgIpc) is 2.96. The fraction of sp³-hybridized carbons (Fsp3) is 0.588. The van der Waals surface area contributed by atoms with Gasteiger partial charge in [-0.05, 0) is 61.4 Å². The Morgan fingerprint density at radius 2 is 0.625 bits per heavy atom. The van der Waals surface area contributed by atoms with Crippen LogP contribution in [-0.4, -0.2) is 35.4 Å². The van der Waals surface area contributed by atoms with Crippen molar-refractivity contribution in [1.29, 1.82) is 0 Å². The zero-order valence-electron chi connectivity index (χ0n) is 24.3. The third-order valence-corrected chi connectivity index (χ3v) is 7.28. The minimum Gasteiger partial charge on any atom is -0.494 e. The van der Waals surface area contributed by atoms with Gasteiger partial charge in [0.1, 0.15) is 11.5 Å². The lowest BCUT2D eigenvalue weighted by atomic mass is 10.0. The van der Waals surface area contributed by atoms with Gasteiger partial charge >= 0.3 is 11.9 Å². The Balaban J connectivity index is 1.24. The lowest BCUT2D eigenvalue weighted by molar-refractivity contribution is 0.0686. The van der Waals surface area contributed by atoms with Crippen molar-refractivity contribution in [2.45, 2.75) is 116 Å². The van der Waals surface area contributed by atoms with E-state index in [2.05, 4.69) is 0 Å². The molecule has 0 fully saturated rings. The van der Waals surface area contributed by atoms with Crippen molar-refractivity contribution in [3.8, 4) is 11.5 Å². The highest BCUT2D eigenvalue weighted by molar-refractivity contribution is 5.88. The van der Waals surface area contributed by atoms with Crippen molar-refractivity contribution in [2.24, 2.45) is 0 Å². The Kier molecular flexibility index (Phi) is 18.1. The number of carbonyl (C=O) groups is 2. The van der Waals surface area contributed by atoms with E-state index in [4.69, 9.17) is 19.7 Å². The molecular formula is C34H50O6. The van der Waals surface area contributed by atoms with Crippen LogP contribution in [0.5, 0.6) is 11.5 Å². The van der Waals surface area contributed by atoms with E-state index in [1.54, 1.807) is 48.5 Å². The van der Waals surface area contributed by atoms with Crippen molar-refractivity contribution in [1.82, 2.24) is 0 Å². The van der Waals surface area contributed by atoms with Crippen LogP contribution in [-0.2, 0) is 0 Å². The molecule has 0 heterocycles. The lowest BCUT2D eigenvalue weighted by Crippen LogP contribution is -1.99. The number of benzene rings is 2. The van der Waals surface area contributed by atoms with Gasteiger partial charge in [-0.25, -0.2) is 9.59 Å². The molecule has 222 valence electrons. The minimum atomic E-state index is -0.910. The molecular weight excluding hydrogens is 504 g/mol. The zero-order chi connectivity index (χ0) is 28.7. The number of hydrogen-bond donors (Lipinski definition) is 2. The van der Waals surface area contributed by atoms with Gasteiger partial charge in [-0.2, -0.15) is 0 Å². The van der Waals surface area contributed by atoms with E-state index >= 15 is 0 Å². The summed E-state index contributed by atoms with van der Waals surface area (Å²) in [7, 11) is 0. The van der Waals surface area contributed by atoms with Gasteiger partial charge in [-0.3, -0.25) is 0 Å². The number of rotatable bonds is 25. The lowest BCUT2D eigenvalue weighted by Gasteiger charge is -2.07. The maximum Gasteiger partial charge on any atom is 0.335 e. The monoisotopic (exact) mass is 554 g/mol. The van der Waals surface area contributed by atoms with Gasteiger partial charge < -0.3 is 19.7 Å². The van der Waals surface area contributed by atoms with Crippen molar-refractivity contribution in [3.05, 3.63) is 59.7 Å². The Bertz CT molecular complexity index is 845. The van der Waals surface area contributed by atoms with Gasteiger partial charge in [0.25, 0.3) is 0 Å². The Morgan fingerprint density at radius 3 is 0.850 bits per heavy atom. The molecule has 0 unspecified atom stereocenters. The second-order valence-corrected chi connectivity index (χ2v) is 10.7. The third kappa shape index (κ3) is 16.2. The van der Waals surface area contributed by atoms with Crippen LogP contribution in [0, 0.1) is 0 Å². The van der Waals surface area contributed by atoms with E-state index in [0.717, 1.165) is 24.3 Å². The maximum atomic E-state index is 10.9. The quantitative estimate of drug-likeness (QED) is 0.119. The van der Waals surface area contributed by atoms with Crippen LogP contribution >= 0.6 is 0 Å². The predicted octanol–water partition coefficient (Wildman–Crippen LogP) is 9.56. The van der Waals surface area contributed by atoms with Gasteiger partial charge in [0.2, 0.25) is 0 Å². The molecule has 0 saturated heterocycles. The van der Waals surface area contributed by atoms with Crippen LogP contribution in [0.2, 0.25) is 0 Å². The summed E-state index contributed by atoms with van der Waals surface area (Å²) in [5.74, 6) is -0.340. The van der Waals surface area contributed by atoms with Gasteiger partial charge in [0.15, 0.2) is 0 Å². The first-order valence-electron chi connectivity index (χ1n) is 15.5. The zero-order valence-corrected chi connectivity index (χ0v) is 24.3. The Morgan fingerprint density at radius 1 is 0.400 bits per heavy atom. The van der Waals surface area contributed by atoms with E-state index in [1.165, 1.54) is 103 Å². The molecule has 0 aromatic heterocycles. The second kappa shape index (κ2) is 21.8. The van der Waals surface area contributed by atoms with Gasteiger partial charge in [0, 0.05) is 0 Å². The molecule has 0 saturated carbocycles. The first-order chi connectivity index (χ1) is 19.6. The third-order valence-electron chi connectivity index (χ3n) is 7.28. The molecule has 0 radical (unpaired) electrons. The molecule has 0 aliphatic heterocycles. The van der Waals surface area contributed by atoms with Gasteiger partial charge in [-0.1, -0.05) is 103 Å². The van der Waals surface area contributed by atoms with E-state index < -0.39 is 11.9 Å². The second-order valence-electron chi connectivity index (χ2n) is 10.7. The van der Waals surface area contributed by atoms with Crippen molar-refractivity contribution < 1.29 is 29.3 Å². The number of carboxylic acids is 2. The molecule has 0 spiro atoms. The summed E-state index contributed by atoms with van der Waals surface area (Å²) >= 11 is 0. The SMILES string of the molecule is O=C(O)c1ccc(OCCCCCCCCCCCCCCCCCCCCOc2ccc(C(=O)O)cc2)cc1. The molecule has 2 aromatic rings. The molecule has 0 aliphatic carbocycles. The topological polar surface area (TPSA) is 93.1 Å². The van der Waals surface area contributed by atoms with Gasteiger partial charge in [-0.15, -0.1) is 0 Å². The first-order valence-corrected chi connectivity index (χ1v) is 15.5. The molecule has 0 amide bonds. The average molecular weight is 555 g/mol. The highest BCUT2D eigenvalue weighted by Gasteiger charge is 2.03. The molecule has 0 aliphatic rings. The molecule has 2 aromatic carbocycles. The standard InChI is InChI=1S/C34H50O6/c35-33(36)29-19-23-31(24-20-29)39-27-17-15-13-11-9-7-5-3-1-2-4-6-8-10-12-14-16-18-28-40-32-25-21-30(22-26-32)34(37)38/h19-26H,1-18,27-28H2,(H,35,36)(H,37,38). The maximum absolute atomic E-state index is 10.9. The fourth-order valence-corrected chi connectivity index (χ4v) is 4.80. The van der Waals surface area contributed by atoms with Crippen molar-refractivity contribution >= 4 is 11.9 Å². The van der Waals surface area contributed by atoms with Crippen molar-refractivity contribution in [2.75, 3.05) is 13.2 Å². The normalized spacial score (nSPS) is 10.9. The molecule has 0 bridgehead atoms. The molecule has 2 rings (SSSR count). The summed E-state index contributed by atoms with van der Waals surface area (Å²) in [4.78, 5) is 21.7. The van der Waals surface area contributed by atoms with E-state index in [9.17, 15) is 9.59 Å². The number of unbranched alkanes of at least 4 members (excludes halogenated alkanes) is 17. The number of ether oxygens (including phenoxy) is 2. The van der Waals surface area contributed by atoms with E-state index in [1.807, 2.05) is 0 Å². The molecule has 2 N–H and O–H groups in total. The highest BCUT2D eigenvalue weighted by atomic mass is 16.5. The number of carboxylic acid groups (broad SMARTS) is 2. The van der Waals surface area contributed by atoms with Crippen LogP contribution in [0.3, 0.4) is 0 Å². The minimum absolute atomic E-state index is 0.288. The molecule has 0 atom stereocenters. The van der Waals surface area contributed by atoms with E-state index in [0.29, 0.717) is 13.2 Å². The Labute approximate surface area is 241 Å². The Hall–Kier alpha value is -3.02. The van der Waals surface area contributed by atoms with Crippen LogP contribution in [0.15, 0.2) is 48.5 Å². The molecule has 6 nitrogen and oxygen atoms in total. The number of aromatic carboxylic acids is 2. The molecule has 6 heteroatoms. The summed E-state index contributed by atoms with van der Waals surface area (Å²) in [6.45, 7) is 1.38. The summed E-state index contributed by atoms with van der Waals surface area (Å²) in [6, 6.07) is 13.2. The van der Waals surface area contributed by atoms with Gasteiger partial charge in [0.05, 0.1) is 24.3 Å². The van der Waals surface area contributed by atoms with Crippen LogP contribution < -0.4 is 9.47 Å². The largest absolute Gasteiger partial charge is 0.494 e. The predicted molar refractivity (Wildman–Crippen MR) is 161 cm³/mol. The van der Waals surface area contributed by atoms with Crippen LogP contribution in [0.25, 0.3) is 0 Å². The summed E-state index contributed by atoms with van der Waals surface area (Å²) < 4.78 is 11.4. The molecule has 40 heavy (non-hydrogen) atoms. The van der Waals surface area contributed by atoms with Crippen LogP contribution in [0.1, 0.15) is 136 Å². The summed E-state index contributed by atoms with van der Waals surface area (Å²) in [5.41, 5.74) is 0.577. The first kappa shape index (κ1) is 33.2. The fourth-order valence-electron chi connectivity index (χ4n) is 4.80.